The van der Waals surface area contributed by atoms with E-state index in [2.05, 4.69) is 53.6 Å². The third-order valence-corrected chi connectivity index (χ3v) is 7.53. The van der Waals surface area contributed by atoms with Gasteiger partial charge in [-0.05, 0) is 23.6 Å². The number of anilines is 1. The number of carbonyl (C=O) groups excluding carboxylic acids is 1. The molecule has 0 saturated heterocycles. The van der Waals surface area contributed by atoms with E-state index >= 15 is 0 Å². The number of hydrogen-bond acceptors (Lipinski definition) is 7. The molecule has 0 N–H and O–H groups in total. The summed E-state index contributed by atoms with van der Waals surface area (Å²) in [5, 5.41) is 3.18. The molecule has 0 amide bonds. The van der Waals surface area contributed by atoms with Gasteiger partial charge < -0.3 is 19.1 Å². The highest BCUT2D eigenvalue weighted by atomic mass is 32.1. The minimum atomic E-state index is -0.225. The van der Waals surface area contributed by atoms with Crippen molar-refractivity contribution in [3.63, 3.8) is 0 Å². The van der Waals surface area contributed by atoms with Crippen LogP contribution in [0.25, 0.3) is 11.3 Å². The van der Waals surface area contributed by atoms with E-state index < -0.39 is 0 Å². The van der Waals surface area contributed by atoms with Crippen LogP contribution in [0.1, 0.15) is 42.4 Å². The maximum Gasteiger partial charge on any atom is 0.306 e. The Morgan fingerprint density at radius 1 is 1.08 bits per heavy atom. The molecule has 1 atom stereocenters. The van der Waals surface area contributed by atoms with E-state index in [0.717, 1.165) is 58.5 Å². The minimum absolute atomic E-state index is 0.0284. The number of thiazole rings is 1. The minimum Gasteiger partial charge on any atom is -0.492 e. The zero-order valence-corrected chi connectivity index (χ0v) is 22.6. The van der Waals surface area contributed by atoms with Crippen molar-refractivity contribution < 1.29 is 19.0 Å². The lowest BCUT2D eigenvalue weighted by atomic mass is 9.98. The lowest BCUT2D eigenvalue weighted by molar-refractivity contribution is -0.141. The van der Waals surface area contributed by atoms with Crippen molar-refractivity contribution in [1.29, 1.82) is 0 Å². The molecule has 2 heterocycles. The highest BCUT2D eigenvalue weighted by Crippen LogP contribution is 2.38. The maximum atomic E-state index is 11.6. The molecule has 0 bridgehead atoms. The van der Waals surface area contributed by atoms with E-state index in [1.165, 1.54) is 12.7 Å². The number of methoxy groups -OCH3 is 1. The van der Waals surface area contributed by atoms with Crippen molar-refractivity contribution in [3.05, 3.63) is 94.9 Å². The van der Waals surface area contributed by atoms with Crippen molar-refractivity contribution in [2.75, 3.05) is 25.2 Å². The quantitative estimate of drug-likeness (QED) is 0.199. The van der Waals surface area contributed by atoms with Crippen molar-refractivity contribution in [2.24, 2.45) is 0 Å². The van der Waals surface area contributed by atoms with Gasteiger partial charge in [0.2, 0.25) is 0 Å². The lowest BCUT2D eigenvalue weighted by Gasteiger charge is -2.21. The smallest absolute Gasteiger partial charge is 0.306 e. The Labute approximate surface area is 227 Å². The first-order chi connectivity index (χ1) is 18.6. The summed E-state index contributed by atoms with van der Waals surface area (Å²) in [6, 6.07) is 24.7. The molecular formula is C31H32N2O4S. The number of esters is 1. The third-order valence-electron chi connectivity index (χ3n) is 6.63. The van der Waals surface area contributed by atoms with Crippen LogP contribution in [-0.4, -0.2) is 31.2 Å². The number of carbonyl (C=O) groups is 1. The maximum absolute atomic E-state index is 11.6. The second-order valence-electron chi connectivity index (χ2n) is 9.40. The molecule has 0 radical (unpaired) electrons. The fourth-order valence-electron chi connectivity index (χ4n) is 4.59. The van der Waals surface area contributed by atoms with Crippen molar-refractivity contribution in [3.8, 4) is 22.8 Å². The average Bonchev–Trinajstić information content (AvgIpc) is 3.60. The van der Waals surface area contributed by atoms with Crippen LogP contribution in [0.2, 0.25) is 0 Å². The zero-order valence-electron chi connectivity index (χ0n) is 21.8. The number of aromatic nitrogens is 1. The SMILES string of the molecule is CCCN(Cc1ccc(COc2ccc3c(c2)OCC3CC(=O)OC)cc1)c1nc(-c2ccccc2)cs1. The molecule has 196 valence electrons. The van der Waals surface area contributed by atoms with Gasteiger partial charge >= 0.3 is 5.97 Å². The van der Waals surface area contributed by atoms with Gasteiger partial charge in [0.15, 0.2) is 5.13 Å². The Morgan fingerprint density at radius 3 is 2.63 bits per heavy atom. The first kappa shape index (κ1) is 25.8. The molecule has 38 heavy (non-hydrogen) atoms. The summed E-state index contributed by atoms with van der Waals surface area (Å²) in [5.41, 5.74) is 5.53. The summed E-state index contributed by atoms with van der Waals surface area (Å²) < 4.78 is 16.6. The highest BCUT2D eigenvalue weighted by molar-refractivity contribution is 7.14. The van der Waals surface area contributed by atoms with Crippen LogP contribution in [0, 0.1) is 0 Å². The van der Waals surface area contributed by atoms with Gasteiger partial charge in [0.25, 0.3) is 0 Å². The Balaban J connectivity index is 1.18. The summed E-state index contributed by atoms with van der Waals surface area (Å²) in [6.45, 7) is 4.91. The highest BCUT2D eigenvalue weighted by Gasteiger charge is 2.27. The van der Waals surface area contributed by atoms with Gasteiger partial charge in [-0.15, -0.1) is 11.3 Å². The van der Waals surface area contributed by atoms with E-state index in [0.29, 0.717) is 19.6 Å². The van der Waals surface area contributed by atoms with Crippen LogP contribution >= 0.6 is 11.3 Å². The number of rotatable bonds is 11. The number of nitrogens with zero attached hydrogens (tertiary/aromatic N) is 2. The van der Waals surface area contributed by atoms with Gasteiger partial charge in [0.05, 0.1) is 25.8 Å². The monoisotopic (exact) mass is 528 g/mol. The summed E-state index contributed by atoms with van der Waals surface area (Å²) >= 11 is 1.69. The molecule has 1 unspecified atom stereocenters. The lowest BCUT2D eigenvalue weighted by Crippen LogP contribution is -2.23. The topological polar surface area (TPSA) is 60.9 Å². The summed E-state index contributed by atoms with van der Waals surface area (Å²) in [6.07, 6.45) is 1.38. The number of benzene rings is 3. The Hall–Kier alpha value is -3.84. The van der Waals surface area contributed by atoms with Gasteiger partial charge in [0.1, 0.15) is 18.1 Å². The van der Waals surface area contributed by atoms with E-state index in [1.54, 1.807) is 11.3 Å². The molecule has 3 aromatic carbocycles. The molecule has 1 aliphatic rings. The largest absolute Gasteiger partial charge is 0.492 e. The molecule has 6 nitrogen and oxygen atoms in total. The van der Waals surface area contributed by atoms with Crippen molar-refractivity contribution >= 4 is 22.4 Å². The molecule has 4 aromatic rings. The van der Waals surface area contributed by atoms with Crippen LogP contribution in [0.5, 0.6) is 11.5 Å². The zero-order chi connectivity index (χ0) is 26.3. The van der Waals surface area contributed by atoms with Gasteiger partial charge in [-0.25, -0.2) is 4.98 Å². The van der Waals surface area contributed by atoms with Crippen LogP contribution in [0.3, 0.4) is 0 Å². The van der Waals surface area contributed by atoms with Crippen LogP contribution in [-0.2, 0) is 22.7 Å². The van der Waals surface area contributed by atoms with E-state index in [9.17, 15) is 4.79 Å². The predicted octanol–water partition coefficient (Wildman–Crippen LogP) is 6.84. The molecule has 1 aromatic heterocycles. The Bertz CT molecular complexity index is 1350. The first-order valence-electron chi connectivity index (χ1n) is 12.9. The number of fused-ring (bicyclic) bond motifs is 1. The fraction of sp³-hybridized carbons (Fsp3) is 0.290. The van der Waals surface area contributed by atoms with E-state index in [-0.39, 0.29) is 11.9 Å². The van der Waals surface area contributed by atoms with E-state index in [1.807, 2.05) is 36.4 Å². The molecule has 0 spiro atoms. The van der Waals surface area contributed by atoms with Crippen LogP contribution < -0.4 is 14.4 Å². The molecule has 5 rings (SSSR count). The summed E-state index contributed by atoms with van der Waals surface area (Å²) in [4.78, 5) is 18.9. The summed E-state index contributed by atoms with van der Waals surface area (Å²) in [5.74, 6) is 1.33. The van der Waals surface area contributed by atoms with Gasteiger partial charge in [-0.1, -0.05) is 67.6 Å². The standard InChI is InChI=1S/C31H32N2O4S/c1-3-15-33(31-32-28(21-38-31)24-7-5-4-6-8-24)18-22-9-11-23(12-10-22)19-36-26-13-14-27-25(16-30(34)35-2)20-37-29(27)17-26/h4-14,17,21,25H,3,15-16,18-20H2,1-2H3. The van der Waals surface area contributed by atoms with Crippen LogP contribution in [0.15, 0.2) is 78.2 Å². The molecule has 0 aliphatic carbocycles. The van der Waals surface area contributed by atoms with Crippen molar-refractivity contribution in [2.45, 2.75) is 38.8 Å². The third kappa shape index (κ3) is 6.17. The second-order valence-corrected chi connectivity index (χ2v) is 10.2. The molecule has 7 heteroatoms. The van der Waals surface area contributed by atoms with Gasteiger partial charge in [-0.3, -0.25) is 4.79 Å². The molecule has 0 fully saturated rings. The predicted molar refractivity (Wildman–Crippen MR) is 151 cm³/mol. The average molecular weight is 529 g/mol. The molecule has 1 aliphatic heterocycles. The Morgan fingerprint density at radius 2 is 1.87 bits per heavy atom. The normalized spacial score (nSPS) is 14.0. The van der Waals surface area contributed by atoms with Gasteiger partial charge in [-0.2, -0.15) is 0 Å². The molecule has 0 saturated carbocycles. The number of ether oxygens (including phenoxy) is 3. The van der Waals surface area contributed by atoms with Crippen LogP contribution in [0.4, 0.5) is 5.13 Å². The van der Waals surface area contributed by atoms with Crippen molar-refractivity contribution in [1.82, 2.24) is 4.98 Å². The van der Waals surface area contributed by atoms with E-state index in [4.69, 9.17) is 19.2 Å². The van der Waals surface area contributed by atoms with Gasteiger partial charge in [0, 0.05) is 41.6 Å². The number of hydrogen-bond donors (Lipinski definition) is 0. The Kier molecular flexibility index (Phi) is 8.24. The second kappa shape index (κ2) is 12.1. The molecular weight excluding hydrogens is 496 g/mol. The summed E-state index contributed by atoms with van der Waals surface area (Å²) in [7, 11) is 1.41. The fourth-order valence-corrected chi connectivity index (χ4v) is 5.45. The first-order valence-corrected chi connectivity index (χ1v) is 13.8.